The van der Waals surface area contributed by atoms with E-state index in [1.54, 1.807) is 0 Å². The van der Waals surface area contributed by atoms with Gasteiger partial charge in [0.15, 0.2) is 0 Å². The molecule has 3 aliphatic carbocycles. The number of hydrogen-bond donors (Lipinski definition) is 0. The maximum absolute atomic E-state index is 5.57. The van der Waals surface area contributed by atoms with Crippen LogP contribution in [0.2, 0.25) is 6.32 Å². The van der Waals surface area contributed by atoms with Gasteiger partial charge in [-0.05, 0) is 42.4 Å². The van der Waals surface area contributed by atoms with Gasteiger partial charge in [0, 0.05) is 0 Å². The predicted molar refractivity (Wildman–Crippen MR) is 57.9 cm³/mol. The lowest BCUT2D eigenvalue weighted by Crippen LogP contribution is -2.52. The fourth-order valence-electron chi connectivity index (χ4n) is 3.69. The van der Waals surface area contributed by atoms with Crippen LogP contribution in [0.4, 0.5) is 0 Å². The molecule has 0 spiro atoms. The monoisotopic (exact) mass is 176 g/mol. The normalized spacial score (nSPS) is 41.2. The summed E-state index contributed by atoms with van der Waals surface area (Å²) in [5.41, 5.74) is 0.664. The number of fused-ring (bicyclic) bond motifs is 2. The molecule has 72 valence electrons. The van der Waals surface area contributed by atoms with Crippen LogP contribution in [0.5, 0.6) is 0 Å². The zero-order valence-electron chi connectivity index (χ0n) is 9.05. The van der Waals surface area contributed by atoms with Gasteiger partial charge < -0.3 is 0 Å². The molecule has 0 amide bonds. The van der Waals surface area contributed by atoms with Gasteiger partial charge in [-0.2, -0.15) is 0 Å². The largest absolute Gasteiger partial charge is 0.0887 e. The average molecular weight is 176 g/mol. The summed E-state index contributed by atoms with van der Waals surface area (Å²) in [4.78, 5) is 0. The van der Waals surface area contributed by atoms with Gasteiger partial charge in [0.25, 0.3) is 0 Å². The van der Waals surface area contributed by atoms with Gasteiger partial charge >= 0.3 is 0 Å². The van der Waals surface area contributed by atoms with E-state index in [4.69, 9.17) is 7.85 Å². The van der Waals surface area contributed by atoms with E-state index in [2.05, 4.69) is 13.8 Å². The molecule has 0 aromatic rings. The summed E-state index contributed by atoms with van der Waals surface area (Å²) >= 11 is 0. The minimum Gasteiger partial charge on any atom is -0.0887 e. The Balaban J connectivity index is 1.91. The summed E-state index contributed by atoms with van der Waals surface area (Å²) < 4.78 is 0. The molecule has 2 bridgehead atoms. The first kappa shape index (κ1) is 9.61. The van der Waals surface area contributed by atoms with Crippen molar-refractivity contribution in [2.45, 2.75) is 52.3 Å². The van der Waals surface area contributed by atoms with Gasteiger partial charge in [-0.1, -0.05) is 33.0 Å². The van der Waals surface area contributed by atoms with Crippen LogP contribution in [0.3, 0.4) is 0 Å². The molecule has 1 heteroatoms. The van der Waals surface area contributed by atoms with Crippen molar-refractivity contribution in [3.63, 3.8) is 0 Å². The van der Waals surface area contributed by atoms with Crippen molar-refractivity contribution in [1.82, 2.24) is 0 Å². The number of hydrogen-bond acceptors (Lipinski definition) is 0. The van der Waals surface area contributed by atoms with Crippen molar-refractivity contribution in [3.8, 4) is 0 Å². The lowest BCUT2D eigenvalue weighted by atomic mass is 9.45. The Morgan fingerprint density at radius 3 is 2.62 bits per heavy atom. The lowest BCUT2D eigenvalue weighted by Gasteiger charge is -2.60. The Hall–Kier alpha value is 0.0649. The van der Waals surface area contributed by atoms with Gasteiger partial charge in [0.2, 0.25) is 0 Å². The second kappa shape index (κ2) is 3.33. The number of rotatable bonds is 3. The third kappa shape index (κ3) is 1.45. The molecule has 0 nitrogen and oxygen atoms in total. The highest BCUT2D eigenvalue weighted by molar-refractivity contribution is 6.08. The average Bonchev–Trinajstić information content (AvgIpc) is 2.14. The predicted octanol–water partition coefficient (Wildman–Crippen LogP) is 3.43. The molecule has 0 aromatic heterocycles. The van der Waals surface area contributed by atoms with Crippen molar-refractivity contribution in [2.75, 3.05) is 0 Å². The van der Waals surface area contributed by atoms with Gasteiger partial charge in [-0.25, -0.2) is 0 Å². The minimum absolute atomic E-state index is 0.664. The van der Waals surface area contributed by atoms with Gasteiger partial charge in [-0.3, -0.25) is 0 Å². The molecule has 0 aliphatic heterocycles. The standard InChI is InChI=1S/C12H21B/c1-12(2)10-6-5-9(4-3-7-13)11(12)8-10/h9-11H,3-8H2,1-2H3/t9-,10+,11+/m0/s1. The molecule has 0 N–H and O–H groups in total. The topological polar surface area (TPSA) is 0 Å². The minimum atomic E-state index is 0.664. The van der Waals surface area contributed by atoms with Gasteiger partial charge in [-0.15, -0.1) is 0 Å². The van der Waals surface area contributed by atoms with Crippen LogP contribution in [0.25, 0.3) is 0 Å². The molecule has 3 rings (SSSR count). The maximum atomic E-state index is 5.57. The molecular formula is C12H21B. The summed E-state index contributed by atoms with van der Waals surface area (Å²) in [6.07, 6.45) is 7.99. The van der Waals surface area contributed by atoms with Crippen LogP contribution >= 0.6 is 0 Å². The van der Waals surface area contributed by atoms with E-state index in [0.29, 0.717) is 5.41 Å². The van der Waals surface area contributed by atoms with Crippen LogP contribution < -0.4 is 0 Å². The van der Waals surface area contributed by atoms with Crippen LogP contribution in [0, 0.1) is 23.2 Å². The molecule has 3 aliphatic rings. The lowest BCUT2D eigenvalue weighted by molar-refractivity contribution is -0.106. The van der Waals surface area contributed by atoms with E-state index < -0.39 is 0 Å². The molecule has 3 fully saturated rings. The molecule has 13 heavy (non-hydrogen) atoms. The smallest absolute Gasteiger partial charge is 0.0653 e. The summed E-state index contributed by atoms with van der Waals surface area (Å²) in [6.45, 7) is 4.95. The Morgan fingerprint density at radius 1 is 1.31 bits per heavy atom. The van der Waals surface area contributed by atoms with Crippen LogP contribution in [0.15, 0.2) is 0 Å². The Kier molecular flexibility index (Phi) is 2.46. The molecule has 3 atom stereocenters. The summed E-state index contributed by atoms with van der Waals surface area (Å²) in [6, 6.07) is 0. The third-order valence-electron chi connectivity index (χ3n) is 4.78. The van der Waals surface area contributed by atoms with Crippen molar-refractivity contribution in [1.29, 1.82) is 0 Å². The molecule has 3 saturated carbocycles. The quantitative estimate of drug-likeness (QED) is 0.578. The third-order valence-corrected chi connectivity index (χ3v) is 4.78. The van der Waals surface area contributed by atoms with E-state index in [1.165, 1.54) is 32.1 Å². The first-order chi connectivity index (χ1) is 6.16. The van der Waals surface area contributed by atoms with E-state index in [1.807, 2.05) is 0 Å². The van der Waals surface area contributed by atoms with Crippen molar-refractivity contribution < 1.29 is 0 Å². The highest BCUT2D eigenvalue weighted by atomic mass is 14.6. The molecule has 2 radical (unpaired) electrons. The fourth-order valence-corrected chi connectivity index (χ4v) is 3.69. The van der Waals surface area contributed by atoms with Crippen molar-refractivity contribution >= 4 is 7.85 Å². The molecule has 0 unspecified atom stereocenters. The SMILES string of the molecule is [B]CCC[C@H]1CC[C@@H]2C[C@H]1C2(C)C. The second-order valence-electron chi connectivity index (χ2n) is 5.63. The summed E-state index contributed by atoms with van der Waals surface area (Å²) in [5.74, 6) is 3.08. The molecular weight excluding hydrogens is 155 g/mol. The van der Waals surface area contributed by atoms with E-state index in [-0.39, 0.29) is 0 Å². The van der Waals surface area contributed by atoms with E-state index in [0.717, 1.165) is 24.1 Å². The van der Waals surface area contributed by atoms with Crippen molar-refractivity contribution in [2.24, 2.45) is 23.2 Å². The van der Waals surface area contributed by atoms with Crippen LogP contribution in [-0.4, -0.2) is 7.85 Å². The summed E-state index contributed by atoms with van der Waals surface area (Å²) in [5, 5.41) is 0. The van der Waals surface area contributed by atoms with Crippen molar-refractivity contribution in [3.05, 3.63) is 0 Å². The fraction of sp³-hybridized carbons (Fsp3) is 1.00. The first-order valence-corrected chi connectivity index (χ1v) is 5.86. The zero-order chi connectivity index (χ0) is 9.47. The first-order valence-electron chi connectivity index (χ1n) is 5.86. The van der Waals surface area contributed by atoms with Gasteiger partial charge in [0.1, 0.15) is 0 Å². The van der Waals surface area contributed by atoms with E-state index in [9.17, 15) is 0 Å². The molecule has 0 saturated heterocycles. The zero-order valence-corrected chi connectivity index (χ0v) is 9.05. The van der Waals surface area contributed by atoms with Gasteiger partial charge in [0.05, 0.1) is 7.85 Å². The molecule has 0 heterocycles. The Bertz CT molecular complexity index is 184. The second-order valence-corrected chi connectivity index (χ2v) is 5.63. The highest BCUT2D eigenvalue weighted by Gasteiger charge is 2.53. The maximum Gasteiger partial charge on any atom is 0.0653 e. The summed E-state index contributed by atoms with van der Waals surface area (Å²) in [7, 11) is 5.57. The van der Waals surface area contributed by atoms with E-state index >= 15 is 0 Å². The van der Waals surface area contributed by atoms with Crippen LogP contribution in [0.1, 0.15) is 46.0 Å². The van der Waals surface area contributed by atoms with Crippen LogP contribution in [-0.2, 0) is 0 Å². The Labute approximate surface area is 83.9 Å². The molecule has 0 aromatic carbocycles. The Morgan fingerprint density at radius 2 is 2.08 bits per heavy atom. The highest BCUT2D eigenvalue weighted by Crippen LogP contribution is 2.62.